The predicted octanol–water partition coefficient (Wildman–Crippen LogP) is 26.1. The summed E-state index contributed by atoms with van der Waals surface area (Å²) in [6.45, 7) is 46.9. The Balaban J connectivity index is 0.000000175. The number of ether oxygens (including phenoxy) is 6. The predicted molar refractivity (Wildman–Crippen MR) is 499 cm³/mol. The maximum absolute atomic E-state index is 6.16. The highest BCUT2D eigenvalue weighted by atomic mass is 79.9. The Morgan fingerprint density at radius 1 is 0.265 bits per heavy atom. The van der Waals surface area contributed by atoms with Crippen LogP contribution in [0.4, 0.5) is 34.1 Å². The van der Waals surface area contributed by atoms with E-state index >= 15 is 0 Å². The first-order chi connectivity index (χ1) is 55.5. The van der Waals surface area contributed by atoms with E-state index in [-0.39, 0.29) is 0 Å². The van der Waals surface area contributed by atoms with Gasteiger partial charge in [0, 0.05) is 77.0 Å². The fourth-order valence-corrected chi connectivity index (χ4v) is 14.2. The zero-order valence-electron chi connectivity index (χ0n) is 72.9. The van der Waals surface area contributed by atoms with Gasteiger partial charge in [-0.15, -0.1) is 0 Å². The smallest absolute Gasteiger partial charge is 0.123 e. The van der Waals surface area contributed by atoms with Gasteiger partial charge in [0.2, 0.25) is 0 Å². The molecule has 1 aliphatic carbocycles. The minimum Gasteiger partial charge on any atom is -0.489 e. The van der Waals surface area contributed by atoms with E-state index in [1.54, 1.807) is 0 Å². The van der Waals surface area contributed by atoms with Crippen molar-refractivity contribution in [1.29, 1.82) is 0 Å². The van der Waals surface area contributed by atoms with Crippen molar-refractivity contribution < 1.29 is 28.4 Å². The van der Waals surface area contributed by atoms with E-state index in [4.69, 9.17) is 74.4 Å². The maximum atomic E-state index is 6.16. The Morgan fingerprint density at radius 2 is 0.504 bits per heavy atom. The lowest BCUT2D eigenvalue weighted by Gasteiger charge is -2.15. The highest BCUT2D eigenvalue weighted by Crippen LogP contribution is 2.43. The molecule has 0 saturated heterocycles. The molecule has 12 nitrogen and oxygen atoms in total. The summed E-state index contributed by atoms with van der Waals surface area (Å²) in [6.07, 6.45) is 3.52. The summed E-state index contributed by atoms with van der Waals surface area (Å²) >= 11 is 9.64. The summed E-state index contributed by atoms with van der Waals surface area (Å²) in [5, 5.41) is 0.640. The molecule has 0 spiro atoms. The molecule has 0 amide bonds. The van der Waals surface area contributed by atoms with Gasteiger partial charge in [-0.25, -0.2) is 0 Å². The number of nitrogen functional groups attached to an aromatic ring is 6. The zero-order chi connectivity index (χ0) is 85.6. The topological polar surface area (TPSA) is 212 Å². The number of aryl methyl sites for hydroxylation is 21. The Labute approximate surface area is 711 Å². The summed E-state index contributed by atoms with van der Waals surface area (Å²) in [6, 6.07) is 60.9. The number of halogens is 2. The molecule has 1 saturated carbocycles. The molecule has 0 unspecified atom stereocenters. The van der Waals surface area contributed by atoms with Gasteiger partial charge in [0.1, 0.15) is 74.1 Å². The standard InChI is InChI=1S/C19H23NO.C18H23NO.2C17H21NO.C16H18BrNO.C16H18ClNO/c1-12-9-14(3)19(10-13(12)2)21-11-17-16(15-7-8-15)5-4-6-18(17)20;1-5-15-7-6-8-17(19)16(15)11-20-18-10-13(3)12(2)9-14(18)4;2*1-11-6-5-7-16(18)15(11)10-19-17-9-13(3)12(2)8-14(17)4;2*1-10-7-12(3)16(8-11(10)2)19-9-13-14(17)5-4-6-15(13)18/h4-6,9-10,15H,7-8,11,20H2,1-3H3;6-10H,5,11,19H2,1-4H3;2*5-9H,10,18H2,1-4H3;2*4-8H,9,18H2,1-3H3. The zero-order valence-corrected chi connectivity index (χ0v) is 75.3. The molecule has 1 fully saturated rings. The van der Waals surface area contributed by atoms with Crippen LogP contribution in [-0.2, 0) is 46.1 Å². The number of anilines is 6. The summed E-state index contributed by atoms with van der Waals surface area (Å²) < 4.78 is 36.7. The van der Waals surface area contributed by atoms with E-state index in [9.17, 15) is 0 Å². The Kier molecular flexibility index (Phi) is 33.4. The molecule has 0 aromatic heterocycles. The van der Waals surface area contributed by atoms with Crippen LogP contribution < -0.4 is 62.8 Å². The molecule has 0 atom stereocenters. The van der Waals surface area contributed by atoms with Crippen LogP contribution in [-0.4, -0.2) is 0 Å². The molecule has 0 radical (unpaired) electrons. The van der Waals surface area contributed by atoms with Crippen molar-refractivity contribution in [2.45, 2.75) is 210 Å². The van der Waals surface area contributed by atoms with Crippen LogP contribution >= 0.6 is 27.5 Å². The van der Waals surface area contributed by atoms with Gasteiger partial charge in [-0.1, -0.05) is 132 Å². The van der Waals surface area contributed by atoms with E-state index in [1.165, 1.54) is 113 Å². The van der Waals surface area contributed by atoms with Gasteiger partial charge in [0.15, 0.2) is 0 Å². The summed E-state index contributed by atoms with van der Waals surface area (Å²) in [5.41, 5.74) is 74.1. The molecule has 14 heteroatoms. The average molecular weight is 1660 g/mol. The molecule has 0 heterocycles. The van der Waals surface area contributed by atoms with E-state index in [0.717, 1.165) is 129 Å². The fourth-order valence-electron chi connectivity index (χ4n) is 13.5. The highest BCUT2D eigenvalue weighted by molar-refractivity contribution is 9.10. The molecule has 12 aromatic carbocycles. The SMILES string of the molecule is CCc1cccc(N)c1COc1cc(C)c(C)cc1C.Cc1cc(C)c(OCc2c(C)cccc2N)cc1C.Cc1cc(C)c(OCc2c(C)cccc2N)cc1C.Cc1cc(C)c(OCc2c(N)cccc2Br)cc1C.Cc1cc(C)c(OCc2c(N)cccc2C2CC2)cc1C.Cc1cc(C)c(OCc2c(N)cccc2Cl)cc1C. The minimum atomic E-state index is 0.384. The molecule has 0 bridgehead atoms. The monoisotopic (exact) mass is 1650 g/mol. The van der Waals surface area contributed by atoms with Gasteiger partial charge in [0.25, 0.3) is 0 Å². The van der Waals surface area contributed by atoms with Crippen LogP contribution in [0.3, 0.4) is 0 Å². The van der Waals surface area contributed by atoms with Crippen LogP contribution in [0.25, 0.3) is 0 Å². The summed E-state index contributed by atoms with van der Waals surface area (Å²) in [7, 11) is 0. The molecule has 117 heavy (non-hydrogen) atoms. The van der Waals surface area contributed by atoms with Crippen molar-refractivity contribution in [2.24, 2.45) is 0 Å². The third-order valence-electron chi connectivity index (χ3n) is 22.1. The van der Waals surface area contributed by atoms with Gasteiger partial charge in [0.05, 0.1) is 0 Å². The van der Waals surface area contributed by atoms with Crippen LogP contribution in [0, 0.1) is 138 Å². The first kappa shape index (κ1) is 91.5. The molecule has 13 rings (SSSR count). The van der Waals surface area contributed by atoms with E-state index < -0.39 is 0 Å². The van der Waals surface area contributed by atoms with E-state index in [1.807, 2.05) is 91.9 Å². The first-order valence-corrected chi connectivity index (χ1v) is 41.4. The lowest BCUT2D eigenvalue weighted by atomic mass is 10.0. The maximum Gasteiger partial charge on any atom is 0.123 e. The number of rotatable bonds is 20. The quantitative estimate of drug-likeness (QED) is 0.0394. The van der Waals surface area contributed by atoms with Crippen LogP contribution in [0.2, 0.25) is 5.02 Å². The second-order valence-corrected chi connectivity index (χ2v) is 32.6. The van der Waals surface area contributed by atoms with Crippen molar-refractivity contribution in [3.05, 3.63) is 347 Å². The Morgan fingerprint density at radius 3 is 0.812 bits per heavy atom. The van der Waals surface area contributed by atoms with Crippen molar-refractivity contribution in [3.63, 3.8) is 0 Å². The lowest BCUT2D eigenvalue weighted by Crippen LogP contribution is -2.05. The van der Waals surface area contributed by atoms with Gasteiger partial charge >= 0.3 is 0 Å². The second kappa shape index (κ2) is 42.8. The number of hydrogen-bond donors (Lipinski definition) is 6. The van der Waals surface area contributed by atoms with Crippen molar-refractivity contribution in [2.75, 3.05) is 34.4 Å². The third kappa shape index (κ3) is 25.8. The fraction of sp³-hybridized carbons (Fsp3) is 0.301. The molecule has 616 valence electrons. The van der Waals surface area contributed by atoms with Crippen LogP contribution in [0.5, 0.6) is 34.5 Å². The van der Waals surface area contributed by atoms with Crippen LogP contribution in [0.1, 0.15) is 181 Å². The van der Waals surface area contributed by atoms with E-state index in [0.29, 0.717) is 56.3 Å². The van der Waals surface area contributed by atoms with E-state index in [2.05, 4.69) is 251 Å². The second-order valence-electron chi connectivity index (χ2n) is 31.4. The molecule has 12 aromatic rings. The molecular weight excluding hydrogens is 1530 g/mol. The normalized spacial score (nSPS) is 11.2. The van der Waals surface area contributed by atoms with Crippen molar-refractivity contribution >= 4 is 61.7 Å². The number of hydrogen-bond acceptors (Lipinski definition) is 12. The van der Waals surface area contributed by atoms with Gasteiger partial charge in [-0.3, -0.25) is 0 Å². The lowest BCUT2D eigenvalue weighted by molar-refractivity contribution is 0.303. The van der Waals surface area contributed by atoms with Gasteiger partial charge in [-0.05, 0) is 371 Å². The van der Waals surface area contributed by atoms with Crippen molar-refractivity contribution in [3.8, 4) is 34.5 Å². The number of nitrogens with two attached hydrogens (primary N) is 6. The Bertz CT molecular complexity index is 4920. The van der Waals surface area contributed by atoms with Crippen LogP contribution in [0.15, 0.2) is 186 Å². The first-order valence-electron chi connectivity index (χ1n) is 40.2. The molecule has 12 N–H and O–H groups in total. The third-order valence-corrected chi connectivity index (χ3v) is 23.2. The molecular formula is C103H124BrClN6O6. The van der Waals surface area contributed by atoms with Gasteiger partial charge in [-0.2, -0.15) is 0 Å². The van der Waals surface area contributed by atoms with Gasteiger partial charge < -0.3 is 62.8 Å². The number of benzene rings is 12. The Hall–Kier alpha value is -11.0. The highest BCUT2D eigenvalue weighted by Gasteiger charge is 2.27. The minimum absolute atomic E-state index is 0.384. The summed E-state index contributed by atoms with van der Waals surface area (Å²) in [4.78, 5) is 0. The van der Waals surface area contributed by atoms with Crippen molar-refractivity contribution in [1.82, 2.24) is 0 Å². The summed E-state index contributed by atoms with van der Waals surface area (Å²) in [5.74, 6) is 6.26. The molecule has 0 aliphatic heterocycles. The molecule has 1 aliphatic rings. The largest absolute Gasteiger partial charge is 0.489 e. The average Bonchev–Trinajstić information content (AvgIpc) is 1.69.